The van der Waals surface area contributed by atoms with E-state index in [0.29, 0.717) is 6.54 Å². The van der Waals surface area contributed by atoms with Crippen molar-refractivity contribution in [2.75, 3.05) is 6.54 Å². The van der Waals surface area contributed by atoms with E-state index in [2.05, 4.69) is 27.4 Å². The number of benzene rings is 1. The highest BCUT2D eigenvalue weighted by Crippen LogP contribution is 2.30. The number of carbonyl (C=O) groups excluding carboxylic acids is 1. The number of fused-ring (bicyclic) bond motifs is 2. The number of rotatable bonds is 1. The minimum absolute atomic E-state index is 0.0271. The van der Waals surface area contributed by atoms with Crippen molar-refractivity contribution in [3.8, 4) is 11.1 Å². The molecule has 0 fully saturated rings. The molecule has 104 valence electrons. The van der Waals surface area contributed by atoms with E-state index in [1.54, 1.807) is 0 Å². The van der Waals surface area contributed by atoms with Gasteiger partial charge < -0.3 is 10.3 Å². The third-order valence-electron chi connectivity index (χ3n) is 4.01. The second-order valence-corrected chi connectivity index (χ2v) is 5.49. The summed E-state index contributed by atoms with van der Waals surface area (Å²) < 4.78 is 0. The van der Waals surface area contributed by atoms with Gasteiger partial charge in [0, 0.05) is 35.5 Å². The molecule has 4 nitrogen and oxygen atoms in total. The Morgan fingerprint density at radius 1 is 1.19 bits per heavy atom. The quantitative estimate of drug-likeness (QED) is 0.718. The number of H-pyrrole nitrogens is 1. The number of aryl methyl sites for hydroxylation is 1. The molecule has 4 rings (SSSR count). The third kappa shape index (κ3) is 1.91. The van der Waals surface area contributed by atoms with Gasteiger partial charge in [-0.05, 0) is 42.2 Å². The van der Waals surface area contributed by atoms with Crippen LogP contribution in [0, 0.1) is 6.92 Å². The molecule has 0 saturated heterocycles. The Bertz CT molecular complexity index is 864. The number of carbonyl (C=O) groups is 1. The minimum atomic E-state index is 0.0271. The van der Waals surface area contributed by atoms with Crippen LogP contribution >= 0.6 is 0 Å². The van der Waals surface area contributed by atoms with Gasteiger partial charge in [0.15, 0.2) is 0 Å². The van der Waals surface area contributed by atoms with Crippen molar-refractivity contribution in [3.05, 3.63) is 53.3 Å². The van der Waals surface area contributed by atoms with Crippen LogP contribution in [-0.4, -0.2) is 22.4 Å². The molecule has 1 amide bonds. The molecule has 3 heterocycles. The smallest absolute Gasteiger partial charge is 0.251 e. The third-order valence-corrected chi connectivity index (χ3v) is 4.01. The average molecular weight is 277 g/mol. The molecule has 3 aromatic rings. The lowest BCUT2D eigenvalue weighted by molar-refractivity contribution is 0.0946. The van der Waals surface area contributed by atoms with Gasteiger partial charge in [-0.15, -0.1) is 0 Å². The van der Waals surface area contributed by atoms with E-state index in [4.69, 9.17) is 0 Å². The lowest BCUT2D eigenvalue weighted by atomic mass is 9.95. The Morgan fingerprint density at radius 3 is 3.00 bits per heavy atom. The van der Waals surface area contributed by atoms with Crippen molar-refractivity contribution in [1.82, 2.24) is 15.3 Å². The van der Waals surface area contributed by atoms with Gasteiger partial charge in [-0.1, -0.05) is 12.1 Å². The molecule has 1 aliphatic rings. The normalized spacial score (nSPS) is 14.0. The molecule has 0 bridgehead atoms. The summed E-state index contributed by atoms with van der Waals surface area (Å²) in [6.45, 7) is 2.75. The first-order valence-corrected chi connectivity index (χ1v) is 7.07. The van der Waals surface area contributed by atoms with Crippen LogP contribution in [-0.2, 0) is 6.42 Å². The number of amides is 1. The Labute approximate surface area is 122 Å². The predicted molar refractivity (Wildman–Crippen MR) is 82.3 cm³/mol. The highest BCUT2D eigenvalue weighted by atomic mass is 16.1. The molecule has 0 atom stereocenters. The van der Waals surface area contributed by atoms with Gasteiger partial charge in [-0.3, -0.25) is 4.79 Å². The highest BCUT2D eigenvalue weighted by molar-refractivity contribution is 5.99. The molecular formula is C17H15N3O. The molecular weight excluding hydrogens is 262 g/mol. The van der Waals surface area contributed by atoms with Crippen LogP contribution in [0.25, 0.3) is 22.2 Å². The Kier molecular flexibility index (Phi) is 2.57. The maximum Gasteiger partial charge on any atom is 0.251 e. The molecule has 0 aliphatic carbocycles. The molecule has 1 aromatic carbocycles. The largest absolute Gasteiger partial charge is 0.352 e. The van der Waals surface area contributed by atoms with Gasteiger partial charge in [0.1, 0.15) is 5.65 Å². The summed E-state index contributed by atoms with van der Waals surface area (Å²) in [4.78, 5) is 19.4. The van der Waals surface area contributed by atoms with Crippen LogP contribution < -0.4 is 5.32 Å². The number of hydrogen-bond acceptors (Lipinski definition) is 2. The number of nitrogens with one attached hydrogen (secondary N) is 2. The molecule has 0 unspecified atom stereocenters. The minimum Gasteiger partial charge on any atom is -0.352 e. The second kappa shape index (κ2) is 4.45. The Morgan fingerprint density at radius 2 is 2.10 bits per heavy atom. The van der Waals surface area contributed by atoms with E-state index >= 15 is 0 Å². The summed E-state index contributed by atoms with van der Waals surface area (Å²) in [6, 6.07) is 8.19. The molecule has 0 saturated carbocycles. The van der Waals surface area contributed by atoms with E-state index < -0.39 is 0 Å². The van der Waals surface area contributed by atoms with E-state index in [1.807, 2.05) is 31.5 Å². The van der Waals surface area contributed by atoms with Crippen LogP contribution in [0.2, 0.25) is 0 Å². The van der Waals surface area contributed by atoms with Crippen LogP contribution in [0.1, 0.15) is 21.5 Å². The van der Waals surface area contributed by atoms with Crippen molar-refractivity contribution in [2.24, 2.45) is 0 Å². The van der Waals surface area contributed by atoms with E-state index in [-0.39, 0.29) is 5.91 Å². The van der Waals surface area contributed by atoms with Crippen molar-refractivity contribution >= 4 is 16.9 Å². The fourth-order valence-corrected chi connectivity index (χ4v) is 2.94. The van der Waals surface area contributed by atoms with Gasteiger partial charge in [0.25, 0.3) is 5.91 Å². The fraction of sp³-hybridized carbons (Fsp3) is 0.176. The van der Waals surface area contributed by atoms with Crippen molar-refractivity contribution < 1.29 is 4.79 Å². The highest BCUT2D eigenvalue weighted by Gasteiger charge is 2.17. The van der Waals surface area contributed by atoms with Gasteiger partial charge in [0.2, 0.25) is 0 Å². The first-order chi connectivity index (χ1) is 10.2. The van der Waals surface area contributed by atoms with Crippen LogP contribution in [0.5, 0.6) is 0 Å². The Balaban J connectivity index is 1.89. The number of aromatic nitrogens is 2. The van der Waals surface area contributed by atoms with E-state index in [9.17, 15) is 4.79 Å². The summed E-state index contributed by atoms with van der Waals surface area (Å²) >= 11 is 0. The maximum absolute atomic E-state index is 11.8. The molecule has 2 aromatic heterocycles. The summed E-state index contributed by atoms with van der Waals surface area (Å²) in [6.07, 6.45) is 4.73. The number of aromatic amines is 1. The van der Waals surface area contributed by atoms with Crippen molar-refractivity contribution in [2.45, 2.75) is 13.3 Å². The molecule has 4 heteroatoms. The van der Waals surface area contributed by atoms with Crippen LogP contribution in [0.15, 0.2) is 36.7 Å². The zero-order chi connectivity index (χ0) is 14.4. The van der Waals surface area contributed by atoms with Gasteiger partial charge in [-0.2, -0.15) is 0 Å². The zero-order valence-corrected chi connectivity index (χ0v) is 11.7. The fourth-order valence-electron chi connectivity index (χ4n) is 2.94. The molecule has 0 spiro atoms. The molecule has 1 aliphatic heterocycles. The standard InChI is InChI=1S/C17H15N3O/c1-10-6-14-15(9-20-16(14)19-8-10)11-2-3-13-12(7-11)4-5-18-17(13)21/h2-3,6-9H,4-5H2,1H3,(H,18,21)(H,19,20). The molecule has 2 N–H and O–H groups in total. The lowest BCUT2D eigenvalue weighted by Crippen LogP contribution is -2.31. The van der Waals surface area contributed by atoms with E-state index in [1.165, 1.54) is 0 Å². The van der Waals surface area contributed by atoms with Crippen molar-refractivity contribution in [3.63, 3.8) is 0 Å². The topological polar surface area (TPSA) is 57.8 Å². The number of nitrogens with zero attached hydrogens (tertiary/aromatic N) is 1. The average Bonchev–Trinajstić information content (AvgIpc) is 2.90. The second-order valence-electron chi connectivity index (χ2n) is 5.49. The molecule has 21 heavy (non-hydrogen) atoms. The monoisotopic (exact) mass is 277 g/mol. The summed E-state index contributed by atoms with van der Waals surface area (Å²) in [5.74, 6) is 0.0271. The first-order valence-electron chi connectivity index (χ1n) is 7.07. The van der Waals surface area contributed by atoms with Crippen LogP contribution in [0.3, 0.4) is 0 Å². The van der Waals surface area contributed by atoms with Gasteiger partial charge in [0.05, 0.1) is 0 Å². The van der Waals surface area contributed by atoms with Gasteiger partial charge in [-0.25, -0.2) is 4.98 Å². The van der Waals surface area contributed by atoms with Crippen molar-refractivity contribution in [1.29, 1.82) is 0 Å². The Hall–Kier alpha value is -2.62. The zero-order valence-electron chi connectivity index (χ0n) is 11.7. The lowest BCUT2D eigenvalue weighted by Gasteiger charge is -2.17. The van der Waals surface area contributed by atoms with Crippen LogP contribution in [0.4, 0.5) is 0 Å². The SMILES string of the molecule is Cc1cnc2[nH]cc(-c3ccc4c(c3)CCNC4=O)c2c1. The maximum atomic E-state index is 11.8. The first kappa shape index (κ1) is 12.1. The van der Waals surface area contributed by atoms with E-state index in [0.717, 1.165) is 45.3 Å². The van der Waals surface area contributed by atoms with Gasteiger partial charge >= 0.3 is 0 Å². The number of hydrogen-bond donors (Lipinski definition) is 2. The predicted octanol–water partition coefficient (Wildman–Crippen LogP) is 2.82. The summed E-state index contributed by atoms with van der Waals surface area (Å²) in [5, 5.41) is 3.99. The summed E-state index contributed by atoms with van der Waals surface area (Å²) in [7, 11) is 0. The molecule has 0 radical (unpaired) electrons. The summed E-state index contributed by atoms with van der Waals surface area (Å²) in [5.41, 5.74) is 6.20. The number of pyridine rings is 1.